The maximum Gasteiger partial charge on any atom is 0.338 e. The summed E-state index contributed by atoms with van der Waals surface area (Å²) in [6.07, 6.45) is 0. The normalized spacial score (nSPS) is 12.9. The van der Waals surface area contributed by atoms with Crippen LogP contribution in [0.1, 0.15) is 48.4 Å². The van der Waals surface area contributed by atoms with Crippen molar-refractivity contribution in [1.29, 1.82) is 0 Å². The number of rotatable bonds is 10. The Morgan fingerprint density at radius 1 is 0.556 bits per heavy atom. The molecule has 0 aliphatic carbocycles. The highest BCUT2D eigenvalue weighted by Gasteiger charge is 2.15. The third-order valence-corrected chi connectivity index (χ3v) is 7.25. The third kappa shape index (κ3) is 7.59. The molecule has 190 valence electrons. The lowest BCUT2D eigenvalue weighted by Gasteiger charge is -2.13. The summed E-state index contributed by atoms with van der Waals surface area (Å²) in [4.78, 5) is 24.5. The number of carbonyl (C=O) groups excluding carboxylic acids is 2. The Labute approximate surface area is 223 Å². The summed E-state index contributed by atoms with van der Waals surface area (Å²) in [6, 6.07) is 22.7. The molecule has 0 saturated carbocycles. The molecule has 0 aromatic heterocycles. The molecule has 0 fully saturated rings. The standard InChI is InChI=1S/C30H32Cl2O4/c1-19(2)27(31)17-35-29(33)25-13-9-23(10-14-25)21-5-7-22(8-6-21)24-11-15-26(16-12-24)30(34)36-18-28(32)20(3)4/h5-16,19-20,27-28H,17-18H2,1-4H3/t27-,28-/m1/s1. The SMILES string of the molecule is CC(C)[C@H](Cl)COC(=O)c1ccc(-c2ccc(-c3ccc(C(=O)OC[C@@H](Cl)C(C)C)cc3)cc2)cc1. The number of halogens is 2. The molecule has 0 spiro atoms. The van der Waals surface area contributed by atoms with E-state index in [9.17, 15) is 9.59 Å². The second-order valence-corrected chi connectivity index (χ2v) is 10.6. The predicted molar refractivity (Wildman–Crippen MR) is 147 cm³/mol. The van der Waals surface area contributed by atoms with Crippen molar-refractivity contribution in [2.75, 3.05) is 13.2 Å². The third-order valence-electron chi connectivity index (χ3n) is 5.99. The fourth-order valence-corrected chi connectivity index (χ4v) is 3.44. The summed E-state index contributed by atoms with van der Waals surface area (Å²) in [7, 11) is 0. The number of hydrogen-bond acceptors (Lipinski definition) is 4. The molecule has 3 rings (SSSR count). The molecule has 0 aliphatic heterocycles. The molecular formula is C30H32Cl2O4. The van der Waals surface area contributed by atoms with Gasteiger partial charge in [0.15, 0.2) is 0 Å². The van der Waals surface area contributed by atoms with Crippen LogP contribution < -0.4 is 0 Å². The van der Waals surface area contributed by atoms with Gasteiger partial charge in [-0.3, -0.25) is 0 Å². The van der Waals surface area contributed by atoms with Crippen molar-refractivity contribution < 1.29 is 19.1 Å². The van der Waals surface area contributed by atoms with Crippen molar-refractivity contribution in [3.63, 3.8) is 0 Å². The quantitative estimate of drug-likeness (QED) is 0.199. The van der Waals surface area contributed by atoms with Gasteiger partial charge < -0.3 is 9.47 Å². The van der Waals surface area contributed by atoms with E-state index in [1.807, 2.05) is 76.2 Å². The first-order valence-electron chi connectivity index (χ1n) is 12.1. The van der Waals surface area contributed by atoms with Crippen molar-refractivity contribution in [2.45, 2.75) is 38.4 Å². The van der Waals surface area contributed by atoms with Gasteiger partial charge in [0.2, 0.25) is 0 Å². The molecule has 0 amide bonds. The van der Waals surface area contributed by atoms with Gasteiger partial charge in [-0.25, -0.2) is 9.59 Å². The smallest absolute Gasteiger partial charge is 0.338 e. The van der Waals surface area contributed by atoms with E-state index in [-0.39, 0.29) is 47.7 Å². The molecule has 3 aromatic carbocycles. The first-order valence-corrected chi connectivity index (χ1v) is 13.0. The van der Waals surface area contributed by atoms with Crippen LogP contribution in [0.15, 0.2) is 72.8 Å². The van der Waals surface area contributed by atoms with Crippen molar-refractivity contribution in [3.05, 3.63) is 83.9 Å². The Morgan fingerprint density at radius 2 is 0.806 bits per heavy atom. The van der Waals surface area contributed by atoms with E-state index in [1.54, 1.807) is 24.3 Å². The minimum Gasteiger partial charge on any atom is -0.461 e. The van der Waals surface area contributed by atoms with Gasteiger partial charge in [-0.15, -0.1) is 23.2 Å². The van der Waals surface area contributed by atoms with E-state index in [2.05, 4.69) is 0 Å². The minimum atomic E-state index is -0.377. The highest BCUT2D eigenvalue weighted by molar-refractivity contribution is 6.21. The number of carbonyl (C=O) groups is 2. The predicted octanol–water partition coefficient (Wildman–Crippen LogP) is 7.86. The van der Waals surface area contributed by atoms with Gasteiger partial charge in [0, 0.05) is 0 Å². The van der Waals surface area contributed by atoms with E-state index in [0.29, 0.717) is 11.1 Å². The zero-order chi connectivity index (χ0) is 26.2. The average Bonchev–Trinajstić information content (AvgIpc) is 2.90. The monoisotopic (exact) mass is 526 g/mol. The molecule has 0 radical (unpaired) electrons. The van der Waals surface area contributed by atoms with E-state index in [0.717, 1.165) is 22.3 Å². The zero-order valence-electron chi connectivity index (χ0n) is 21.0. The van der Waals surface area contributed by atoms with Gasteiger partial charge in [0.1, 0.15) is 13.2 Å². The molecule has 0 aliphatic rings. The average molecular weight is 527 g/mol. The van der Waals surface area contributed by atoms with Crippen LogP contribution >= 0.6 is 23.2 Å². The van der Waals surface area contributed by atoms with E-state index >= 15 is 0 Å². The van der Waals surface area contributed by atoms with Crippen LogP contribution in [0.2, 0.25) is 0 Å². The number of alkyl halides is 2. The number of esters is 2. The summed E-state index contributed by atoms with van der Waals surface area (Å²) in [5.74, 6) is -0.285. The molecule has 36 heavy (non-hydrogen) atoms. The van der Waals surface area contributed by atoms with Gasteiger partial charge in [-0.2, -0.15) is 0 Å². The lowest BCUT2D eigenvalue weighted by Crippen LogP contribution is -2.18. The molecule has 4 nitrogen and oxygen atoms in total. The van der Waals surface area contributed by atoms with Gasteiger partial charge in [0.05, 0.1) is 21.9 Å². The second-order valence-electron chi connectivity index (χ2n) is 9.45. The Balaban J connectivity index is 1.61. The summed E-state index contributed by atoms with van der Waals surface area (Å²) < 4.78 is 10.6. The Hall–Kier alpha value is -2.82. The summed E-state index contributed by atoms with van der Waals surface area (Å²) >= 11 is 12.3. The van der Waals surface area contributed by atoms with Crippen molar-refractivity contribution in [3.8, 4) is 22.3 Å². The van der Waals surface area contributed by atoms with Gasteiger partial charge in [0.25, 0.3) is 0 Å². The molecule has 0 unspecified atom stereocenters. The molecule has 2 atom stereocenters. The lowest BCUT2D eigenvalue weighted by atomic mass is 9.99. The minimum absolute atomic E-state index is 0.190. The van der Waals surface area contributed by atoms with Crippen LogP contribution in [0.4, 0.5) is 0 Å². The fraction of sp³-hybridized carbons (Fsp3) is 0.333. The first-order chi connectivity index (χ1) is 17.2. The Bertz CT molecular complexity index is 1040. The largest absolute Gasteiger partial charge is 0.461 e. The highest BCUT2D eigenvalue weighted by atomic mass is 35.5. The Morgan fingerprint density at radius 3 is 1.06 bits per heavy atom. The van der Waals surface area contributed by atoms with Crippen LogP contribution in [0.3, 0.4) is 0 Å². The summed E-state index contributed by atoms with van der Waals surface area (Å²) in [5.41, 5.74) is 5.03. The fourth-order valence-electron chi connectivity index (χ4n) is 3.31. The maximum atomic E-state index is 12.3. The second kappa shape index (κ2) is 12.9. The summed E-state index contributed by atoms with van der Waals surface area (Å²) in [6.45, 7) is 8.34. The maximum absolute atomic E-state index is 12.3. The van der Waals surface area contributed by atoms with Crippen LogP contribution in [-0.2, 0) is 9.47 Å². The van der Waals surface area contributed by atoms with Crippen molar-refractivity contribution in [2.24, 2.45) is 11.8 Å². The van der Waals surface area contributed by atoms with E-state index in [1.165, 1.54) is 0 Å². The number of ether oxygens (including phenoxy) is 2. The Kier molecular flexibility index (Phi) is 9.98. The number of benzene rings is 3. The molecule has 6 heteroatoms. The molecule has 0 bridgehead atoms. The van der Waals surface area contributed by atoms with E-state index < -0.39 is 0 Å². The molecule has 3 aromatic rings. The number of hydrogen-bond donors (Lipinski definition) is 0. The topological polar surface area (TPSA) is 52.6 Å². The molecular weight excluding hydrogens is 495 g/mol. The van der Waals surface area contributed by atoms with Gasteiger partial charge in [-0.1, -0.05) is 76.2 Å². The van der Waals surface area contributed by atoms with Crippen LogP contribution in [0.25, 0.3) is 22.3 Å². The lowest BCUT2D eigenvalue weighted by molar-refractivity contribution is 0.0483. The van der Waals surface area contributed by atoms with E-state index in [4.69, 9.17) is 32.7 Å². The highest BCUT2D eigenvalue weighted by Crippen LogP contribution is 2.26. The van der Waals surface area contributed by atoms with Crippen LogP contribution in [0.5, 0.6) is 0 Å². The van der Waals surface area contributed by atoms with Crippen molar-refractivity contribution in [1.82, 2.24) is 0 Å². The zero-order valence-corrected chi connectivity index (χ0v) is 22.6. The molecule has 0 saturated heterocycles. The van der Waals surface area contributed by atoms with Crippen molar-refractivity contribution >= 4 is 35.1 Å². The van der Waals surface area contributed by atoms with Crippen LogP contribution in [0, 0.1) is 11.8 Å². The van der Waals surface area contributed by atoms with Gasteiger partial charge >= 0.3 is 11.9 Å². The van der Waals surface area contributed by atoms with Gasteiger partial charge in [-0.05, 0) is 58.4 Å². The summed E-state index contributed by atoms with van der Waals surface area (Å²) in [5, 5.41) is -0.407. The van der Waals surface area contributed by atoms with Crippen LogP contribution in [-0.4, -0.2) is 35.9 Å². The molecule has 0 heterocycles. The first kappa shape index (κ1) is 27.8. The molecule has 0 N–H and O–H groups in total.